The van der Waals surface area contributed by atoms with Crippen LogP contribution in [-0.2, 0) is 25.0 Å². The molecule has 10 heteroatoms. The zero-order chi connectivity index (χ0) is 18.7. The Labute approximate surface area is 146 Å². The summed E-state index contributed by atoms with van der Waals surface area (Å²) < 4.78 is 7.80. The van der Waals surface area contributed by atoms with E-state index in [1.54, 1.807) is 24.3 Å². The number of benzene rings is 1. The van der Waals surface area contributed by atoms with Crippen molar-refractivity contribution < 1.29 is 14.6 Å². The lowest BCUT2D eigenvalue weighted by atomic mass is 10.3. The molecule has 0 amide bonds. The first-order valence-electron chi connectivity index (χ1n) is 7.57. The Hall–Kier alpha value is -3.69. The third-order valence-electron chi connectivity index (χ3n) is 3.46. The zero-order valence-corrected chi connectivity index (χ0v) is 13.7. The Bertz CT molecular complexity index is 1050. The van der Waals surface area contributed by atoms with E-state index >= 15 is 0 Å². The second kappa shape index (κ2) is 7.05. The second-order valence-corrected chi connectivity index (χ2v) is 5.42. The number of rotatable bonds is 6. The van der Waals surface area contributed by atoms with Gasteiger partial charge in [-0.1, -0.05) is 18.2 Å². The number of nitrogens with one attached hydrogen (secondary N) is 1. The molecule has 0 aliphatic carbocycles. The van der Waals surface area contributed by atoms with Gasteiger partial charge in [-0.2, -0.15) is 5.10 Å². The zero-order valence-electron chi connectivity index (χ0n) is 13.7. The maximum Gasteiger partial charge on any atom is 0.328 e. The Kier molecular flexibility index (Phi) is 4.65. The number of ether oxygens (including phenoxy) is 1. The van der Waals surface area contributed by atoms with Gasteiger partial charge in [-0.3, -0.25) is 14.6 Å². The van der Waals surface area contributed by atoms with E-state index in [9.17, 15) is 14.4 Å². The highest BCUT2D eigenvalue weighted by atomic mass is 16.5. The smallest absolute Gasteiger partial charge is 0.328 e. The predicted molar refractivity (Wildman–Crippen MR) is 89.7 cm³/mol. The number of aliphatic carboxylic acids is 1. The molecule has 0 saturated heterocycles. The van der Waals surface area contributed by atoms with Crippen LogP contribution >= 0.6 is 0 Å². The molecule has 2 heterocycles. The van der Waals surface area contributed by atoms with Crippen LogP contribution in [0.5, 0.6) is 5.75 Å². The second-order valence-electron chi connectivity index (χ2n) is 5.42. The van der Waals surface area contributed by atoms with Crippen LogP contribution in [0, 0.1) is 0 Å². The van der Waals surface area contributed by atoms with Gasteiger partial charge in [-0.05, 0) is 12.1 Å². The largest absolute Gasteiger partial charge is 0.486 e. The first-order valence-corrected chi connectivity index (χ1v) is 7.57. The van der Waals surface area contributed by atoms with E-state index in [-0.39, 0.29) is 23.8 Å². The molecule has 0 saturated carbocycles. The maximum absolute atomic E-state index is 12.1. The SMILES string of the molecule is Cn1cc(-c2nc(COc3ccccc3)nn2CC(=O)O)c(=O)[nH]c1=O. The molecule has 26 heavy (non-hydrogen) atoms. The van der Waals surface area contributed by atoms with Crippen LogP contribution in [0.4, 0.5) is 0 Å². The topological polar surface area (TPSA) is 132 Å². The lowest BCUT2D eigenvalue weighted by Gasteiger charge is -2.03. The monoisotopic (exact) mass is 357 g/mol. The van der Waals surface area contributed by atoms with Crippen molar-refractivity contribution in [3.63, 3.8) is 0 Å². The van der Waals surface area contributed by atoms with Crippen LogP contribution < -0.4 is 16.0 Å². The minimum Gasteiger partial charge on any atom is -0.486 e. The molecule has 2 aromatic heterocycles. The molecule has 10 nitrogen and oxygen atoms in total. The van der Waals surface area contributed by atoms with Gasteiger partial charge in [0.05, 0.1) is 0 Å². The lowest BCUT2D eigenvalue weighted by Crippen LogP contribution is -2.29. The number of hydrogen-bond donors (Lipinski definition) is 2. The van der Waals surface area contributed by atoms with Crippen LogP contribution in [0.2, 0.25) is 0 Å². The quantitative estimate of drug-likeness (QED) is 0.634. The van der Waals surface area contributed by atoms with E-state index in [1.165, 1.54) is 13.2 Å². The summed E-state index contributed by atoms with van der Waals surface area (Å²) in [6.07, 6.45) is 1.28. The number of nitrogens with zero attached hydrogens (tertiary/aromatic N) is 4. The highest BCUT2D eigenvalue weighted by Gasteiger charge is 2.18. The minimum atomic E-state index is -1.15. The molecule has 0 radical (unpaired) electrons. The lowest BCUT2D eigenvalue weighted by molar-refractivity contribution is -0.137. The summed E-state index contributed by atoms with van der Waals surface area (Å²) in [7, 11) is 1.46. The Morgan fingerprint density at radius 2 is 2.00 bits per heavy atom. The normalized spacial score (nSPS) is 10.7. The van der Waals surface area contributed by atoms with E-state index in [0.717, 1.165) is 9.25 Å². The van der Waals surface area contributed by atoms with E-state index < -0.39 is 23.8 Å². The first kappa shape index (κ1) is 17.1. The average Bonchev–Trinajstić information content (AvgIpc) is 2.99. The van der Waals surface area contributed by atoms with Crippen LogP contribution in [0.1, 0.15) is 5.82 Å². The van der Waals surface area contributed by atoms with Gasteiger partial charge in [0.15, 0.2) is 11.6 Å². The molecule has 0 aliphatic rings. The number of carbonyl (C=O) groups is 1. The van der Waals surface area contributed by atoms with Gasteiger partial charge in [0, 0.05) is 13.2 Å². The van der Waals surface area contributed by atoms with Crippen molar-refractivity contribution in [1.29, 1.82) is 0 Å². The van der Waals surface area contributed by atoms with Gasteiger partial charge < -0.3 is 14.4 Å². The fraction of sp³-hybridized carbons (Fsp3) is 0.188. The third-order valence-corrected chi connectivity index (χ3v) is 3.46. The van der Waals surface area contributed by atoms with Crippen molar-refractivity contribution in [2.75, 3.05) is 0 Å². The first-order chi connectivity index (χ1) is 12.4. The molecular formula is C16H15N5O5. The molecule has 0 unspecified atom stereocenters. The Balaban J connectivity index is 1.97. The molecule has 0 fully saturated rings. The van der Waals surface area contributed by atoms with Crippen LogP contribution in [0.15, 0.2) is 46.1 Å². The van der Waals surface area contributed by atoms with Gasteiger partial charge in [0.2, 0.25) is 0 Å². The highest BCUT2D eigenvalue weighted by molar-refractivity contribution is 5.67. The number of hydrogen-bond acceptors (Lipinski definition) is 6. The van der Waals surface area contributed by atoms with Gasteiger partial charge in [0.1, 0.15) is 24.5 Å². The maximum atomic E-state index is 12.1. The molecular weight excluding hydrogens is 342 g/mol. The van der Waals surface area contributed by atoms with E-state index in [0.29, 0.717) is 5.75 Å². The van der Waals surface area contributed by atoms with Crippen molar-refractivity contribution in [1.82, 2.24) is 24.3 Å². The van der Waals surface area contributed by atoms with Gasteiger partial charge in [-0.15, -0.1) is 0 Å². The Morgan fingerprint density at radius 3 is 2.69 bits per heavy atom. The number of para-hydroxylation sites is 1. The summed E-state index contributed by atoms with van der Waals surface area (Å²) in [5, 5.41) is 13.2. The van der Waals surface area contributed by atoms with E-state index in [4.69, 9.17) is 9.84 Å². The molecule has 134 valence electrons. The summed E-state index contributed by atoms with van der Waals surface area (Å²) in [6.45, 7) is -0.497. The van der Waals surface area contributed by atoms with Crippen molar-refractivity contribution in [2.24, 2.45) is 7.05 Å². The van der Waals surface area contributed by atoms with E-state index in [2.05, 4.69) is 15.1 Å². The summed E-state index contributed by atoms with van der Waals surface area (Å²) in [5.41, 5.74) is -1.23. The summed E-state index contributed by atoms with van der Waals surface area (Å²) in [4.78, 5) is 41.0. The average molecular weight is 357 g/mol. The fourth-order valence-corrected chi connectivity index (χ4v) is 2.28. The van der Waals surface area contributed by atoms with Crippen molar-refractivity contribution in [3.05, 3.63) is 63.2 Å². The van der Waals surface area contributed by atoms with Crippen molar-refractivity contribution in [3.8, 4) is 17.1 Å². The Morgan fingerprint density at radius 1 is 1.27 bits per heavy atom. The number of carboxylic acids is 1. The predicted octanol–water partition coefficient (Wildman–Crippen LogP) is -0.00430. The van der Waals surface area contributed by atoms with Crippen LogP contribution in [-0.4, -0.2) is 35.4 Å². The van der Waals surface area contributed by atoms with Gasteiger partial charge >= 0.3 is 11.7 Å². The summed E-state index contributed by atoms with van der Waals surface area (Å²) in [6, 6.07) is 8.97. The molecule has 3 aromatic rings. The third kappa shape index (κ3) is 3.69. The number of aromatic amines is 1. The van der Waals surface area contributed by atoms with Crippen molar-refractivity contribution in [2.45, 2.75) is 13.2 Å². The molecule has 3 rings (SSSR count). The van der Waals surface area contributed by atoms with Gasteiger partial charge in [-0.25, -0.2) is 14.5 Å². The van der Waals surface area contributed by atoms with E-state index in [1.807, 2.05) is 6.07 Å². The number of carboxylic acid groups (broad SMARTS) is 1. The molecule has 0 aliphatic heterocycles. The fourth-order valence-electron chi connectivity index (χ4n) is 2.28. The summed E-state index contributed by atoms with van der Waals surface area (Å²) >= 11 is 0. The van der Waals surface area contributed by atoms with Crippen LogP contribution in [0.25, 0.3) is 11.4 Å². The summed E-state index contributed by atoms with van der Waals surface area (Å²) in [5.74, 6) is -0.300. The van der Waals surface area contributed by atoms with Crippen LogP contribution in [0.3, 0.4) is 0 Å². The molecule has 0 spiro atoms. The molecule has 2 N–H and O–H groups in total. The van der Waals surface area contributed by atoms with Gasteiger partial charge in [0.25, 0.3) is 5.56 Å². The highest BCUT2D eigenvalue weighted by Crippen LogP contribution is 2.14. The minimum absolute atomic E-state index is 0.00665. The molecule has 0 atom stereocenters. The van der Waals surface area contributed by atoms with Crippen molar-refractivity contribution >= 4 is 5.97 Å². The number of H-pyrrole nitrogens is 1. The standard InChI is InChI=1S/C16H15N5O5/c1-20-7-11(15(24)18-16(20)25)14-17-12(19-21(14)8-13(22)23)9-26-10-5-3-2-4-6-10/h2-7H,8-9H2,1H3,(H,22,23)(H,18,24,25). The number of aromatic nitrogens is 5. The number of aryl methyl sites for hydroxylation is 1. The molecule has 0 bridgehead atoms. The molecule has 1 aromatic carbocycles.